The van der Waals surface area contributed by atoms with Crippen molar-refractivity contribution in [2.45, 2.75) is 25.8 Å². The Labute approximate surface area is 151 Å². The summed E-state index contributed by atoms with van der Waals surface area (Å²) in [6, 6.07) is 3.83. The van der Waals surface area contributed by atoms with E-state index in [2.05, 4.69) is 32.4 Å². The Kier molecular flexibility index (Phi) is 4.20. The number of likely N-dealkylation sites (tertiary alicyclic amines) is 1. The molecule has 1 amide bonds. The van der Waals surface area contributed by atoms with Crippen LogP contribution in [0, 0.1) is 6.92 Å². The average Bonchev–Trinajstić information content (AvgIpc) is 3.21. The highest BCUT2D eigenvalue weighted by molar-refractivity contribution is 5.93. The second-order valence-electron chi connectivity index (χ2n) is 6.95. The molecule has 1 N–H and O–H groups in total. The molecule has 0 spiro atoms. The number of carbonyl (C=O) groups excluding carboxylic acids is 1. The first kappa shape index (κ1) is 16.7. The molecule has 3 aromatic heterocycles. The van der Waals surface area contributed by atoms with E-state index in [-0.39, 0.29) is 11.9 Å². The van der Waals surface area contributed by atoms with Crippen molar-refractivity contribution in [3.63, 3.8) is 0 Å². The van der Waals surface area contributed by atoms with Gasteiger partial charge >= 0.3 is 0 Å². The van der Waals surface area contributed by atoms with Crippen molar-refractivity contribution in [2.24, 2.45) is 7.05 Å². The second-order valence-corrected chi connectivity index (χ2v) is 6.95. The monoisotopic (exact) mass is 353 g/mol. The van der Waals surface area contributed by atoms with Crippen LogP contribution in [0.1, 0.15) is 29.0 Å². The predicted octanol–water partition coefficient (Wildman–Crippen LogP) is 1.26. The van der Waals surface area contributed by atoms with Gasteiger partial charge in [-0.3, -0.25) is 9.48 Å². The van der Waals surface area contributed by atoms with E-state index in [9.17, 15) is 4.79 Å². The zero-order chi connectivity index (χ0) is 18.3. The lowest BCUT2D eigenvalue weighted by Crippen LogP contribution is -2.43. The Morgan fingerprint density at radius 3 is 2.73 bits per heavy atom. The Hall–Kier alpha value is -2.74. The van der Waals surface area contributed by atoms with Gasteiger partial charge in [-0.25, -0.2) is 9.50 Å². The lowest BCUT2D eigenvalue weighted by molar-refractivity contribution is 0.0911. The van der Waals surface area contributed by atoms with Gasteiger partial charge in [0.25, 0.3) is 5.91 Å². The molecule has 8 heteroatoms. The van der Waals surface area contributed by atoms with Crippen molar-refractivity contribution >= 4 is 11.6 Å². The Balaban J connectivity index is 1.62. The lowest BCUT2D eigenvalue weighted by atomic mass is 10.1. The van der Waals surface area contributed by atoms with Crippen LogP contribution < -0.4 is 5.32 Å². The summed E-state index contributed by atoms with van der Waals surface area (Å²) in [5.41, 5.74) is 3.93. The van der Waals surface area contributed by atoms with Crippen molar-refractivity contribution in [3.8, 4) is 11.3 Å². The molecule has 0 aromatic carbocycles. The maximum Gasteiger partial charge on any atom is 0.272 e. The lowest BCUT2D eigenvalue weighted by Gasteiger charge is -2.29. The highest BCUT2D eigenvalue weighted by atomic mass is 16.2. The Bertz CT molecular complexity index is 950. The summed E-state index contributed by atoms with van der Waals surface area (Å²) in [7, 11) is 4.01. The molecule has 1 fully saturated rings. The van der Waals surface area contributed by atoms with E-state index >= 15 is 0 Å². The summed E-state index contributed by atoms with van der Waals surface area (Å²) in [6.45, 7) is 4.01. The number of aryl methyl sites for hydroxylation is 1. The van der Waals surface area contributed by atoms with Gasteiger partial charge in [0.05, 0.1) is 11.9 Å². The molecule has 1 saturated heterocycles. The van der Waals surface area contributed by atoms with Crippen LogP contribution in [0.3, 0.4) is 0 Å². The summed E-state index contributed by atoms with van der Waals surface area (Å²) < 4.78 is 3.53. The molecule has 0 radical (unpaired) electrons. The van der Waals surface area contributed by atoms with E-state index in [1.54, 1.807) is 16.8 Å². The largest absolute Gasteiger partial charge is 0.348 e. The fraction of sp³-hybridized carbons (Fsp3) is 0.444. The van der Waals surface area contributed by atoms with E-state index < -0.39 is 0 Å². The molecule has 0 saturated carbocycles. The van der Waals surface area contributed by atoms with Crippen LogP contribution in [0.25, 0.3) is 16.9 Å². The predicted molar refractivity (Wildman–Crippen MR) is 97.9 cm³/mol. The number of rotatable bonds is 3. The topological polar surface area (TPSA) is 80.3 Å². The van der Waals surface area contributed by atoms with Crippen molar-refractivity contribution in [1.82, 2.24) is 34.6 Å². The van der Waals surface area contributed by atoms with Gasteiger partial charge in [-0.15, -0.1) is 0 Å². The van der Waals surface area contributed by atoms with Crippen LogP contribution in [-0.4, -0.2) is 61.4 Å². The molecular weight excluding hydrogens is 330 g/mol. The normalized spacial score (nSPS) is 16.3. The number of fused-ring (bicyclic) bond motifs is 1. The second kappa shape index (κ2) is 6.53. The minimum atomic E-state index is -0.140. The molecule has 0 aliphatic carbocycles. The van der Waals surface area contributed by atoms with E-state index in [1.807, 2.05) is 30.9 Å². The molecule has 0 atom stereocenters. The standard InChI is InChI=1S/C18H23N7O/c1-12-14(11-20-24(12)3)16-4-7-19-17-10-15(22-25(16)17)18(26)21-13-5-8-23(2)9-6-13/h4,7,10-11,13H,5-6,8-9H2,1-3H3,(H,21,26). The smallest absolute Gasteiger partial charge is 0.272 e. The third-order valence-electron chi connectivity index (χ3n) is 5.16. The van der Waals surface area contributed by atoms with Crippen LogP contribution in [0.15, 0.2) is 24.5 Å². The van der Waals surface area contributed by atoms with Crippen molar-refractivity contribution in [1.29, 1.82) is 0 Å². The molecule has 8 nitrogen and oxygen atoms in total. The number of carbonyl (C=O) groups is 1. The van der Waals surface area contributed by atoms with E-state index in [0.717, 1.165) is 42.9 Å². The quantitative estimate of drug-likeness (QED) is 0.767. The molecule has 136 valence electrons. The summed E-state index contributed by atoms with van der Waals surface area (Å²) in [5.74, 6) is -0.140. The first-order valence-corrected chi connectivity index (χ1v) is 8.86. The zero-order valence-corrected chi connectivity index (χ0v) is 15.3. The molecule has 1 aliphatic heterocycles. The number of nitrogens with one attached hydrogen (secondary N) is 1. The van der Waals surface area contributed by atoms with E-state index in [0.29, 0.717) is 11.3 Å². The van der Waals surface area contributed by atoms with Crippen LogP contribution in [0.5, 0.6) is 0 Å². The SMILES string of the molecule is Cc1c(-c2ccnc3cc(C(=O)NC4CCN(C)CC4)nn23)cnn1C. The third-order valence-corrected chi connectivity index (χ3v) is 5.16. The van der Waals surface area contributed by atoms with Gasteiger partial charge in [0.1, 0.15) is 0 Å². The minimum Gasteiger partial charge on any atom is -0.348 e. The average molecular weight is 353 g/mol. The summed E-state index contributed by atoms with van der Waals surface area (Å²) in [4.78, 5) is 19.3. The first-order valence-electron chi connectivity index (χ1n) is 8.86. The maximum absolute atomic E-state index is 12.6. The third kappa shape index (κ3) is 2.96. The maximum atomic E-state index is 12.6. The minimum absolute atomic E-state index is 0.140. The molecule has 1 aliphatic rings. The molecule has 4 rings (SSSR count). The van der Waals surface area contributed by atoms with Crippen molar-refractivity contribution in [3.05, 3.63) is 35.9 Å². The van der Waals surface area contributed by atoms with Gasteiger partial charge < -0.3 is 10.2 Å². The summed E-state index contributed by atoms with van der Waals surface area (Å²) in [6.07, 6.45) is 5.48. The van der Waals surface area contributed by atoms with Gasteiger partial charge in [-0.1, -0.05) is 0 Å². The van der Waals surface area contributed by atoms with Crippen LogP contribution >= 0.6 is 0 Å². The number of amides is 1. The Morgan fingerprint density at radius 1 is 1.27 bits per heavy atom. The van der Waals surface area contributed by atoms with Gasteiger partial charge in [-0.2, -0.15) is 10.2 Å². The first-order chi connectivity index (χ1) is 12.5. The number of hydrogen-bond donors (Lipinski definition) is 1. The number of nitrogens with zero attached hydrogens (tertiary/aromatic N) is 6. The Morgan fingerprint density at radius 2 is 2.04 bits per heavy atom. The number of piperidine rings is 1. The number of aromatic nitrogens is 5. The number of hydrogen-bond acceptors (Lipinski definition) is 5. The van der Waals surface area contributed by atoms with Crippen LogP contribution in [0.2, 0.25) is 0 Å². The van der Waals surface area contributed by atoms with E-state index in [1.165, 1.54) is 0 Å². The van der Waals surface area contributed by atoms with Crippen LogP contribution in [0.4, 0.5) is 0 Å². The summed E-state index contributed by atoms with van der Waals surface area (Å²) >= 11 is 0. The molecular formula is C18H23N7O. The van der Waals surface area contributed by atoms with Crippen LogP contribution in [-0.2, 0) is 7.05 Å². The molecule has 0 bridgehead atoms. The van der Waals surface area contributed by atoms with Gasteiger partial charge in [-0.05, 0) is 46.0 Å². The molecule has 4 heterocycles. The van der Waals surface area contributed by atoms with Crippen molar-refractivity contribution < 1.29 is 4.79 Å². The zero-order valence-electron chi connectivity index (χ0n) is 15.3. The van der Waals surface area contributed by atoms with Gasteiger partial charge in [0.15, 0.2) is 11.3 Å². The fourth-order valence-corrected chi connectivity index (χ4v) is 3.37. The van der Waals surface area contributed by atoms with Gasteiger partial charge in [0.2, 0.25) is 0 Å². The molecule has 0 unspecified atom stereocenters. The fourth-order valence-electron chi connectivity index (χ4n) is 3.37. The van der Waals surface area contributed by atoms with Crippen molar-refractivity contribution in [2.75, 3.05) is 20.1 Å². The highest BCUT2D eigenvalue weighted by Gasteiger charge is 2.21. The highest BCUT2D eigenvalue weighted by Crippen LogP contribution is 2.23. The molecule has 3 aromatic rings. The summed E-state index contributed by atoms with van der Waals surface area (Å²) in [5, 5.41) is 11.9. The molecule has 26 heavy (non-hydrogen) atoms. The van der Waals surface area contributed by atoms with E-state index in [4.69, 9.17) is 0 Å². The van der Waals surface area contributed by atoms with Gasteiger partial charge in [0, 0.05) is 36.6 Å².